The molecule has 2 atom stereocenters. The normalized spacial score (nSPS) is 30.8. The van der Waals surface area contributed by atoms with E-state index in [9.17, 15) is 19.8 Å². The first kappa shape index (κ1) is 13.1. The van der Waals surface area contributed by atoms with Crippen molar-refractivity contribution in [3.8, 4) is 0 Å². The Labute approximate surface area is 107 Å². The average Bonchev–Trinajstić information content (AvgIpc) is 2.27. The lowest BCUT2D eigenvalue weighted by molar-refractivity contribution is -0.154. The zero-order valence-corrected chi connectivity index (χ0v) is 10.9. The average molecular weight is 252 g/mol. The fourth-order valence-corrected chi connectivity index (χ4v) is 3.46. The molecule has 0 fully saturated rings. The molecule has 0 heterocycles. The van der Waals surface area contributed by atoms with E-state index in [2.05, 4.69) is 13.8 Å². The van der Waals surface area contributed by atoms with Crippen molar-refractivity contribution < 1.29 is 19.8 Å². The van der Waals surface area contributed by atoms with Gasteiger partial charge in [-0.15, -0.1) is 0 Å². The summed E-state index contributed by atoms with van der Waals surface area (Å²) in [4.78, 5) is 22.5. The number of rotatable bonds is 2. The highest BCUT2D eigenvalue weighted by molar-refractivity contribution is 5.81. The van der Waals surface area contributed by atoms with Crippen LogP contribution in [-0.2, 0) is 9.59 Å². The summed E-state index contributed by atoms with van der Waals surface area (Å²) >= 11 is 0. The van der Waals surface area contributed by atoms with E-state index >= 15 is 0 Å². The number of carboxylic acid groups (broad SMARTS) is 2. The highest BCUT2D eigenvalue weighted by Gasteiger charge is 2.43. The molecular formula is C14H20O4. The van der Waals surface area contributed by atoms with Crippen molar-refractivity contribution in [2.75, 3.05) is 0 Å². The van der Waals surface area contributed by atoms with Crippen LogP contribution >= 0.6 is 0 Å². The summed E-state index contributed by atoms with van der Waals surface area (Å²) in [6.45, 7) is 4.28. The minimum absolute atomic E-state index is 0.0325. The van der Waals surface area contributed by atoms with Gasteiger partial charge in [0.15, 0.2) is 0 Å². The van der Waals surface area contributed by atoms with Crippen LogP contribution in [0.4, 0.5) is 0 Å². The summed E-state index contributed by atoms with van der Waals surface area (Å²) < 4.78 is 0. The van der Waals surface area contributed by atoms with Crippen LogP contribution in [-0.4, -0.2) is 22.2 Å². The van der Waals surface area contributed by atoms with E-state index in [-0.39, 0.29) is 5.41 Å². The molecule has 0 aromatic heterocycles. The first-order chi connectivity index (χ1) is 8.33. The monoisotopic (exact) mass is 252 g/mol. The number of allylic oxidation sites excluding steroid dienone is 2. The van der Waals surface area contributed by atoms with E-state index in [0.717, 1.165) is 19.3 Å². The van der Waals surface area contributed by atoms with Crippen molar-refractivity contribution in [1.82, 2.24) is 0 Å². The molecule has 2 aliphatic rings. The van der Waals surface area contributed by atoms with Gasteiger partial charge in [0, 0.05) is 0 Å². The van der Waals surface area contributed by atoms with Gasteiger partial charge in [-0.1, -0.05) is 25.0 Å². The van der Waals surface area contributed by atoms with Crippen molar-refractivity contribution in [2.45, 2.75) is 46.0 Å². The van der Waals surface area contributed by atoms with Gasteiger partial charge < -0.3 is 10.2 Å². The van der Waals surface area contributed by atoms with Gasteiger partial charge in [0.2, 0.25) is 0 Å². The maximum atomic E-state index is 11.3. The number of hydrogen-bond donors (Lipinski definition) is 2. The topological polar surface area (TPSA) is 74.6 Å². The second-order valence-corrected chi connectivity index (χ2v) is 6.12. The van der Waals surface area contributed by atoms with Crippen molar-refractivity contribution in [3.63, 3.8) is 0 Å². The first-order valence-electron chi connectivity index (χ1n) is 6.50. The Balaban J connectivity index is 2.37. The number of hydrogen-bond acceptors (Lipinski definition) is 2. The van der Waals surface area contributed by atoms with E-state index in [1.807, 2.05) is 0 Å². The Morgan fingerprint density at radius 2 is 1.67 bits per heavy atom. The van der Waals surface area contributed by atoms with Crippen LogP contribution in [0.15, 0.2) is 11.1 Å². The molecule has 0 saturated heterocycles. The predicted octanol–water partition coefficient (Wildman–Crippen LogP) is 2.69. The van der Waals surface area contributed by atoms with Crippen LogP contribution in [0.5, 0.6) is 0 Å². The maximum Gasteiger partial charge on any atom is 0.307 e. The van der Waals surface area contributed by atoms with Gasteiger partial charge in [-0.3, -0.25) is 9.59 Å². The lowest BCUT2D eigenvalue weighted by Gasteiger charge is -2.41. The number of carbonyl (C=O) groups is 2. The minimum atomic E-state index is -0.977. The van der Waals surface area contributed by atoms with Gasteiger partial charge in [-0.05, 0) is 37.5 Å². The molecule has 0 saturated carbocycles. The van der Waals surface area contributed by atoms with Crippen molar-refractivity contribution in [2.24, 2.45) is 17.3 Å². The van der Waals surface area contributed by atoms with Crippen LogP contribution in [0, 0.1) is 17.3 Å². The van der Waals surface area contributed by atoms with Gasteiger partial charge in [0.25, 0.3) is 0 Å². The standard InChI is InChI=1S/C14H20O4/c1-14(2)5-3-4-8-6-9(12(15)16)10(13(17)18)7-11(8)14/h9-10H,3-7H2,1-2H3,(H,15,16)(H,17,18)/t9-,10-/m1/s1. The van der Waals surface area contributed by atoms with E-state index in [4.69, 9.17) is 0 Å². The first-order valence-corrected chi connectivity index (χ1v) is 6.50. The number of aliphatic carboxylic acids is 2. The van der Waals surface area contributed by atoms with E-state index < -0.39 is 23.8 Å². The third kappa shape index (κ3) is 2.16. The lowest BCUT2D eigenvalue weighted by Crippen LogP contribution is -2.37. The Morgan fingerprint density at radius 3 is 2.22 bits per heavy atom. The molecule has 0 unspecified atom stereocenters. The molecule has 0 aromatic rings. The van der Waals surface area contributed by atoms with Crippen LogP contribution < -0.4 is 0 Å². The molecule has 2 aliphatic carbocycles. The molecule has 100 valence electrons. The second kappa shape index (κ2) is 4.41. The van der Waals surface area contributed by atoms with Crippen LogP contribution in [0.1, 0.15) is 46.0 Å². The molecule has 0 amide bonds. The predicted molar refractivity (Wildman–Crippen MR) is 66.1 cm³/mol. The van der Waals surface area contributed by atoms with Gasteiger partial charge in [0.05, 0.1) is 11.8 Å². The third-order valence-corrected chi connectivity index (χ3v) is 4.53. The summed E-state index contributed by atoms with van der Waals surface area (Å²) in [6.07, 6.45) is 3.92. The van der Waals surface area contributed by atoms with Gasteiger partial charge in [0.1, 0.15) is 0 Å². The Kier molecular flexibility index (Phi) is 3.21. The van der Waals surface area contributed by atoms with Crippen LogP contribution in [0.25, 0.3) is 0 Å². The lowest BCUT2D eigenvalue weighted by atomic mass is 9.63. The molecule has 4 heteroatoms. The zero-order chi connectivity index (χ0) is 13.5. The molecule has 2 rings (SSSR count). The molecule has 0 aromatic carbocycles. The fourth-order valence-electron chi connectivity index (χ4n) is 3.46. The Bertz CT molecular complexity index is 420. The highest BCUT2D eigenvalue weighted by Crippen LogP contribution is 2.49. The zero-order valence-electron chi connectivity index (χ0n) is 10.9. The third-order valence-electron chi connectivity index (χ3n) is 4.53. The van der Waals surface area contributed by atoms with E-state index in [1.54, 1.807) is 0 Å². The van der Waals surface area contributed by atoms with E-state index in [0.29, 0.717) is 12.8 Å². The molecular weight excluding hydrogens is 232 g/mol. The summed E-state index contributed by atoms with van der Waals surface area (Å²) in [6, 6.07) is 0. The van der Waals surface area contributed by atoms with Crippen LogP contribution in [0.3, 0.4) is 0 Å². The largest absolute Gasteiger partial charge is 0.481 e. The molecule has 0 spiro atoms. The molecule has 2 N–H and O–H groups in total. The maximum absolute atomic E-state index is 11.3. The molecule has 4 nitrogen and oxygen atoms in total. The summed E-state index contributed by atoms with van der Waals surface area (Å²) in [5.41, 5.74) is 2.44. The van der Waals surface area contributed by atoms with Crippen molar-refractivity contribution in [1.29, 1.82) is 0 Å². The van der Waals surface area contributed by atoms with Crippen LogP contribution in [0.2, 0.25) is 0 Å². The Morgan fingerprint density at radius 1 is 1.11 bits per heavy atom. The number of carboxylic acids is 2. The van der Waals surface area contributed by atoms with Gasteiger partial charge in [-0.2, -0.15) is 0 Å². The molecule has 0 bridgehead atoms. The summed E-state index contributed by atoms with van der Waals surface area (Å²) in [7, 11) is 0. The smallest absolute Gasteiger partial charge is 0.307 e. The van der Waals surface area contributed by atoms with Crippen molar-refractivity contribution in [3.05, 3.63) is 11.1 Å². The Hall–Kier alpha value is -1.32. The van der Waals surface area contributed by atoms with E-state index in [1.165, 1.54) is 11.1 Å². The SMILES string of the molecule is CC1(C)CCCC2=C1C[C@@H](C(=O)O)[C@H](C(=O)O)C2. The fraction of sp³-hybridized carbons (Fsp3) is 0.714. The quantitative estimate of drug-likeness (QED) is 0.741. The van der Waals surface area contributed by atoms with Gasteiger partial charge >= 0.3 is 11.9 Å². The molecule has 0 aliphatic heterocycles. The van der Waals surface area contributed by atoms with Crippen molar-refractivity contribution >= 4 is 11.9 Å². The minimum Gasteiger partial charge on any atom is -0.481 e. The second-order valence-electron chi connectivity index (χ2n) is 6.12. The molecule has 0 radical (unpaired) electrons. The summed E-state index contributed by atoms with van der Waals surface area (Å²) in [5, 5.41) is 18.4. The van der Waals surface area contributed by atoms with Gasteiger partial charge in [-0.25, -0.2) is 0 Å². The highest BCUT2D eigenvalue weighted by atomic mass is 16.4. The molecule has 18 heavy (non-hydrogen) atoms. The summed E-state index contributed by atoms with van der Waals surface area (Å²) in [5.74, 6) is -3.47.